The zero-order valence-corrected chi connectivity index (χ0v) is 9.55. The summed E-state index contributed by atoms with van der Waals surface area (Å²) in [7, 11) is 0. The summed E-state index contributed by atoms with van der Waals surface area (Å²) in [6.45, 7) is 1.47. The van der Waals surface area contributed by atoms with Gasteiger partial charge in [-0.1, -0.05) is 0 Å². The molecule has 1 aliphatic heterocycles. The monoisotopic (exact) mass is 258 g/mol. The number of amides is 1. The van der Waals surface area contributed by atoms with Gasteiger partial charge in [-0.2, -0.15) is 13.2 Å². The summed E-state index contributed by atoms with van der Waals surface area (Å²) in [5.74, 6) is -1.89. The molecule has 0 spiro atoms. The molecule has 0 saturated carbocycles. The minimum atomic E-state index is -4.29. The minimum Gasteiger partial charge on any atom is -0.340 e. The van der Waals surface area contributed by atoms with Crippen LogP contribution >= 0.6 is 11.6 Å². The normalized spacial score (nSPS) is 29.0. The van der Waals surface area contributed by atoms with Gasteiger partial charge < -0.3 is 10.6 Å². The molecule has 0 aromatic rings. The molecule has 94 valence electrons. The van der Waals surface area contributed by atoms with Gasteiger partial charge in [-0.15, -0.1) is 11.6 Å². The van der Waals surface area contributed by atoms with Crippen molar-refractivity contribution in [1.29, 1.82) is 0 Å². The van der Waals surface area contributed by atoms with Crippen molar-refractivity contribution in [2.75, 3.05) is 13.1 Å². The van der Waals surface area contributed by atoms with E-state index in [2.05, 4.69) is 0 Å². The number of rotatable bonds is 1. The fourth-order valence-electron chi connectivity index (χ4n) is 1.84. The molecule has 0 aromatic carbocycles. The Kier molecular flexibility index (Phi) is 4.07. The number of alkyl halides is 4. The maximum atomic E-state index is 12.5. The maximum absolute atomic E-state index is 12.5. The summed E-state index contributed by atoms with van der Waals surface area (Å²) in [6, 6.07) is -1.06. The van der Waals surface area contributed by atoms with Gasteiger partial charge in [0.15, 0.2) is 0 Å². The highest BCUT2D eigenvalue weighted by Gasteiger charge is 2.46. The Labute approximate surface area is 96.7 Å². The molecule has 7 heteroatoms. The first-order chi connectivity index (χ1) is 7.23. The van der Waals surface area contributed by atoms with Crippen molar-refractivity contribution in [2.45, 2.75) is 30.9 Å². The third-order valence-corrected chi connectivity index (χ3v) is 2.92. The van der Waals surface area contributed by atoms with E-state index < -0.39 is 23.5 Å². The van der Waals surface area contributed by atoms with Crippen LogP contribution in [0, 0.1) is 5.92 Å². The second kappa shape index (κ2) is 4.79. The highest BCUT2D eigenvalue weighted by molar-refractivity contribution is 6.30. The summed E-state index contributed by atoms with van der Waals surface area (Å²) in [6.07, 6.45) is -4.44. The van der Waals surface area contributed by atoms with Gasteiger partial charge in [0.25, 0.3) is 0 Å². The molecule has 1 heterocycles. The number of halogens is 4. The van der Waals surface area contributed by atoms with Crippen LogP contribution in [0.1, 0.15) is 13.3 Å². The molecule has 2 N–H and O–H groups in total. The smallest absolute Gasteiger partial charge is 0.340 e. The second-order valence-electron chi connectivity index (χ2n) is 4.00. The van der Waals surface area contributed by atoms with E-state index in [1.54, 1.807) is 0 Å². The number of nitrogens with zero attached hydrogens (tertiary/aromatic N) is 1. The third kappa shape index (κ3) is 3.01. The number of likely N-dealkylation sites (tertiary alicyclic amines) is 1. The fourth-order valence-corrected chi connectivity index (χ4v) is 1.98. The van der Waals surface area contributed by atoms with Gasteiger partial charge in [-0.25, -0.2) is 0 Å². The molecule has 16 heavy (non-hydrogen) atoms. The average Bonchev–Trinajstić information content (AvgIpc) is 2.14. The van der Waals surface area contributed by atoms with E-state index in [4.69, 9.17) is 17.3 Å². The van der Waals surface area contributed by atoms with Gasteiger partial charge >= 0.3 is 6.18 Å². The molecule has 1 rings (SSSR count). The van der Waals surface area contributed by atoms with E-state index in [1.165, 1.54) is 11.8 Å². The fraction of sp³-hybridized carbons (Fsp3) is 0.889. The lowest BCUT2D eigenvalue weighted by Crippen LogP contribution is -2.55. The van der Waals surface area contributed by atoms with Crippen LogP contribution in [0.25, 0.3) is 0 Å². The quantitative estimate of drug-likeness (QED) is 0.722. The number of nitrogens with two attached hydrogens (primary N) is 1. The van der Waals surface area contributed by atoms with Crippen LogP contribution < -0.4 is 5.73 Å². The number of hydrogen-bond acceptors (Lipinski definition) is 2. The lowest BCUT2D eigenvalue weighted by Gasteiger charge is -2.37. The van der Waals surface area contributed by atoms with Gasteiger partial charge in [0.1, 0.15) is 5.38 Å². The average molecular weight is 259 g/mol. The van der Waals surface area contributed by atoms with Gasteiger partial charge in [0.2, 0.25) is 5.91 Å². The van der Waals surface area contributed by atoms with E-state index in [0.29, 0.717) is 0 Å². The predicted molar refractivity (Wildman–Crippen MR) is 54.0 cm³/mol. The molecule has 3 atom stereocenters. The van der Waals surface area contributed by atoms with Crippen LogP contribution in [0.3, 0.4) is 0 Å². The first kappa shape index (κ1) is 13.6. The summed E-state index contributed by atoms with van der Waals surface area (Å²) >= 11 is 5.58. The van der Waals surface area contributed by atoms with Gasteiger partial charge in [0, 0.05) is 19.1 Å². The molecule has 1 aliphatic rings. The Bertz CT molecular complexity index is 270. The number of carbonyl (C=O) groups excluding carboxylic acids is 1. The zero-order chi connectivity index (χ0) is 12.5. The summed E-state index contributed by atoms with van der Waals surface area (Å²) in [5, 5.41) is -0.727. The van der Waals surface area contributed by atoms with E-state index >= 15 is 0 Å². The lowest BCUT2D eigenvalue weighted by molar-refractivity contribution is -0.190. The third-order valence-electron chi connectivity index (χ3n) is 2.73. The van der Waals surface area contributed by atoms with Crippen molar-refractivity contribution in [3.05, 3.63) is 0 Å². The first-order valence-corrected chi connectivity index (χ1v) is 5.42. The minimum absolute atomic E-state index is 0.0633. The van der Waals surface area contributed by atoms with E-state index in [0.717, 1.165) is 0 Å². The number of hydrogen-bond donors (Lipinski definition) is 1. The first-order valence-electron chi connectivity index (χ1n) is 4.98. The van der Waals surface area contributed by atoms with Crippen molar-refractivity contribution in [3.63, 3.8) is 0 Å². The largest absolute Gasteiger partial charge is 0.393 e. The standard InChI is InChI=1S/C9H14ClF3N2O/c1-5(10)8(16)15-3-2-6(7(14)4-15)9(11,12)13/h5-7H,2-4,14H2,1H3. The van der Waals surface area contributed by atoms with E-state index in [-0.39, 0.29) is 25.4 Å². The second-order valence-corrected chi connectivity index (χ2v) is 4.66. The molecule has 3 unspecified atom stereocenters. The van der Waals surface area contributed by atoms with Crippen LogP contribution in [0.4, 0.5) is 13.2 Å². The topological polar surface area (TPSA) is 46.3 Å². The Hall–Kier alpha value is -0.490. The molecule has 0 aromatic heterocycles. The summed E-state index contributed by atoms with van der Waals surface area (Å²) in [5.41, 5.74) is 5.44. The molecule has 3 nitrogen and oxygen atoms in total. The molecule has 0 bridgehead atoms. The summed E-state index contributed by atoms with van der Waals surface area (Å²) in [4.78, 5) is 12.8. The molecule has 1 saturated heterocycles. The molecule has 0 aliphatic carbocycles. The van der Waals surface area contributed by atoms with Crippen LogP contribution in [-0.4, -0.2) is 41.5 Å². The van der Waals surface area contributed by atoms with Crippen molar-refractivity contribution >= 4 is 17.5 Å². The molecule has 1 fully saturated rings. The Balaban J connectivity index is 2.62. The zero-order valence-electron chi connectivity index (χ0n) is 8.80. The predicted octanol–water partition coefficient (Wildman–Crippen LogP) is 1.35. The van der Waals surface area contributed by atoms with Gasteiger partial charge in [-0.05, 0) is 13.3 Å². The maximum Gasteiger partial charge on any atom is 0.393 e. The SMILES string of the molecule is CC(Cl)C(=O)N1CCC(C(F)(F)F)C(N)C1. The van der Waals surface area contributed by atoms with Crippen LogP contribution in [-0.2, 0) is 4.79 Å². The van der Waals surface area contributed by atoms with Crippen LogP contribution in [0.15, 0.2) is 0 Å². The number of piperidine rings is 1. The lowest BCUT2D eigenvalue weighted by atomic mass is 9.91. The van der Waals surface area contributed by atoms with Crippen molar-refractivity contribution in [1.82, 2.24) is 4.90 Å². The van der Waals surface area contributed by atoms with Crippen molar-refractivity contribution < 1.29 is 18.0 Å². The van der Waals surface area contributed by atoms with Crippen LogP contribution in [0.2, 0.25) is 0 Å². The Morgan fingerprint density at radius 1 is 1.56 bits per heavy atom. The van der Waals surface area contributed by atoms with E-state index in [9.17, 15) is 18.0 Å². The van der Waals surface area contributed by atoms with E-state index in [1.807, 2.05) is 0 Å². The molecular formula is C9H14ClF3N2O. The highest BCUT2D eigenvalue weighted by Crippen LogP contribution is 2.33. The van der Waals surface area contributed by atoms with Gasteiger partial charge in [0.05, 0.1) is 5.92 Å². The number of carbonyl (C=O) groups is 1. The van der Waals surface area contributed by atoms with Crippen LogP contribution in [0.5, 0.6) is 0 Å². The summed E-state index contributed by atoms with van der Waals surface area (Å²) < 4.78 is 37.4. The highest BCUT2D eigenvalue weighted by atomic mass is 35.5. The molecule has 1 amide bonds. The Morgan fingerprint density at radius 3 is 2.50 bits per heavy atom. The Morgan fingerprint density at radius 2 is 2.12 bits per heavy atom. The molecule has 0 radical (unpaired) electrons. The van der Waals surface area contributed by atoms with Crippen molar-refractivity contribution in [2.24, 2.45) is 11.7 Å². The molecular weight excluding hydrogens is 245 g/mol. The van der Waals surface area contributed by atoms with Crippen molar-refractivity contribution in [3.8, 4) is 0 Å². The van der Waals surface area contributed by atoms with Gasteiger partial charge in [-0.3, -0.25) is 4.79 Å².